The molecule has 3 aromatic rings. The normalized spacial score (nSPS) is 11.3. The Hall–Kier alpha value is -2.50. The maximum Gasteiger partial charge on any atom is 0.315 e. The number of aromatic nitrogens is 3. The van der Waals surface area contributed by atoms with Crippen LogP contribution in [0.3, 0.4) is 0 Å². The lowest BCUT2D eigenvalue weighted by Gasteiger charge is -2.02. The van der Waals surface area contributed by atoms with Crippen molar-refractivity contribution in [2.75, 3.05) is 11.1 Å². The number of rotatable bonds is 3. The molecule has 0 bridgehead atoms. The molecule has 1 aromatic carbocycles. The summed E-state index contributed by atoms with van der Waals surface area (Å²) in [6, 6.07) is 6.47. The second-order valence-electron chi connectivity index (χ2n) is 4.72. The highest BCUT2D eigenvalue weighted by atomic mass is 16.4. The Bertz CT molecular complexity index is 713. The third kappa shape index (κ3) is 2.12. The fourth-order valence-electron chi connectivity index (χ4n) is 1.92. The summed E-state index contributed by atoms with van der Waals surface area (Å²) < 4.78 is 5.56. The lowest BCUT2D eigenvalue weighted by atomic mass is 10.1. The van der Waals surface area contributed by atoms with Gasteiger partial charge in [0, 0.05) is 28.7 Å². The Morgan fingerprint density at radius 1 is 1.32 bits per heavy atom. The highest BCUT2D eigenvalue weighted by molar-refractivity contribution is 5.93. The summed E-state index contributed by atoms with van der Waals surface area (Å²) in [5, 5.41) is 12.0. The lowest BCUT2D eigenvalue weighted by molar-refractivity contribution is 0.574. The highest BCUT2D eigenvalue weighted by Gasteiger charge is 2.10. The molecule has 0 radical (unpaired) electrons. The number of nitrogen functional groups attached to an aromatic ring is 1. The first kappa shape index (κ1) is 11.6. The average Bonchev–Trinajstić information content (AvgIpc) is 2.96. The van der Waals surface area contributed by atoms with E-state index >= 15 is 0 Å². The number of aromatic amines is 1. The molecule has 0 saturated carbocycles. The molecule has 2 aromatic heterocycles. The van der Waals surface area contributed by atoms with Crippen LogP contribution in [0, 0.1) is 0 Å². The van der Waals surface area contributed by atoms with Gasteiger partial charge in [-0.15, -0.1) is 5.10 Å². The monoisotopic (exact) mass is 257 g/mol. The van der Waals surface area contributed by atoms with Gasteiger partial charge < -0.3 is 20.5 Å². The number of H-pyrrole nitrogens is 1. The Labute approximate surface area is 110 Å². The SMILES string of the molecule is CC(C)Nc1nnc(-c2ccc3[nH]cc(N)c3c2)o1. The smallest absolute Gasteiger partial charge is 0.315 e. The summed E-state index contributed by atoms with van der Waals surface area (Å²) >= 11 is 0. The van der Waals surface area contributed by atoms with Crippen molar-refractivity contribution in [3.8, 4) is 11.5 Å². The molecule has 19 heavy (non-hydrogen) atoms. The van der Waals surface area contributed by atoms with E-state index in [-0.39, 0.29) is 6.04 Å². The number of nitrogens with two attached hydrogens (primary N) is 1. The molecule has 0 spiro atoms. The fourth-order valence-corrected chi connectivity index (χ4v) is 1.92. The molecular weight excluding hydrogens is 242 g/mol. The van der Waals surface area contributed by atoms with Gasteiger partial charge in [-0.2, -0.15) is 0 Å². The zero-order valence-corrected chi connectivity index (χ0v) is 10.8. The number of fused-ring (bicyclic) bond motifs is 1. The molecule has 0 aliphatic carbocycles. The van der Waals surface area contributed by atoms with Crippen molar-refractivity contribution < 1.29 is 4.42 Å². The van der Waals surface area contributed by atoms with Crippen molar-refractivity contribution in [3.63, 3.8) is 0 Å². The molecule has 0 aliphatic heterocycles. The van der Waals surface area contributed by atoms with Crippen LogP contribution in [0.25, 0.3) is 22.4 Å². The summed E-state index contributed by atoms with van der Waals surface area (Å²) in [5.74, 6) is 0.477. The van der Waals surface area contributed by atoms with Crippen LogP contribution in [0.4, 0.5) is 11.7 Å². The predicted molar refractivity (Wildman–Crippen MR) is 74.8 cm³/mol. The summed E-state index contributed by atoms with van der Waals surface area (Å²) in [6.07, 6.45) is 1.77. The predicted octanol–water partition coefficient (Wildman–Crippen LogP) is 2.62. The topological polar surface area (TPSA) is 92.8 Å². The summed E-state index contributed by atoms with van der Waals surface area (Å²) in [5.41, 5.74) is 8.43. The van der Waals surface area contributed by atoms with E-state index < -0.39 is 0 Å². The van der Waals surface area contributed by atoms with E-state index in [1.54, 1.807) is 6.20 Å². The van der Waals surface area contributed by atoms with Crippen LogP contribution in [0.2, 0.25) is 0 Å². The summed E-state index contributed by atoms with van der Waals surface area (Å²) in [7, 11) is 0. The Morgan fingerprint density at radius 2 is 2.16 bits per heavy atom. The second-order valence-corrected chi connectivity index (χ2v) is 4.72. The van der Waals surface area contributed by atoms with Gasteiger partial charge in [0.05, 0.1) is 5.69 Å². The molecule has 6 nitrogen and oxygen atoms in total. The molecule has 0 atom stereocenters. The van der Waals surface area contributed by atoms with Gasteiger partial charge >= 0.3 is 6.01 Å². The van der Waals surface area contributed by atoms with Gasteiger partial charge in [-0.05, 0) is 32.0 Å². The van der Waals surface area contributed by atoms with Gasteiger partial charge in [-0.3, -0.25) is 0 Å². The van der Waals surface area contributed by atoms with Crippen LogP contribution in [0.1, 0.15) is 13.8 Å². The first-order valence-corrected chi connectivity index (χ1v) is 6.10. The molecule has 0 unspecified atom stereocenters. The van der Waals surface area contributed by atoms with E-state index in [4.69, 9.17) is 10.2 Å². The zero-order chi connectivity index (χ0) is 13.4. The van der Waals surface area contributed by atoms with E-state index in [1.807, 2.05) is 32.0 Å². The number of hydrogen-bond acceptors (Lipinski definition) is 5. The molecule has 6 heteroatoms. The Kier molecular flexibility index (Phi) is 2.63. The minimum Gasteiger partial charge on any atom is -0.403 e. The molecule has 2 heterocycles. The largest absolute Gasteiger partial charge is 0.403 e. The minimum atomic E-state index is 0.246. The summed E-state index contributed by atoms with van der Waals surface area (Å²) in [6.45, 7) is 4.02. The van der Waals surface area contributed by atoms with Crippen LogP contribution in [-0.4, -0.2) is 21.2 Å². The standard InChI is InChI=1S/C13H15N5O/c1-7(2)16-13-18-17-12(19-13)8-3-4-11-9(5-8)10(14)6-15-11/h3-7,15H,14H2,1-2H3,(H,16,18). The molecular formula is C13H15N5O. The van der Waals surface area contributed by atoms with Crippen LogP contribution in [0.15, 0.2) is 28.8 Å². The highest BCUT2D eigenvalue weighted by Crippen LogP contribution is 2.27. The van der Waals surface area contributed by atoms with Gasteiger partial charge in [0.25, 0.3) is 0 Å². The van der Waals surface area contributed by atoms with E-state index in [0.717, 1.165) is 16.5 Å². The van der Waals surface area contributed by atoms with Crippen molar-refractivity contribution in [2.24, 2.45) is 0 Å². The molecule has 0 saturated heterocycles. The quantitative estimate of drug-likeness (QED) is 0.670. The Morgan fingerprint density at radius 3 is 2.95 bits per heavy atom. The maximum atomic E-state index is 5.88. The first-order valence-electron chi connectivity index (χ1n) is 6.10. The van der Waals surface area contributed by atoms with Crippen LogP contribution < -0.4 is 11.1 Å². The molecule has 4 N–H and O–H groups in total. The van der Waals surface area contributed by atoms with Gasteiger partial charge in [0.2, 0.25) is 5.89 Å². The molecule has 0 aliphatic rings. The first-order chi connectivity index (χ1) is 9.13. The molecule has 0 amide bonds. The number of nitrogens with one attached hydrogen (secondary N) is 2. The van der Waals surface area contributed by atoms with Crippen LogP contribution in [-0.2, 0) is 0 Å². The van der Waals surface area contributed by atoms with Gasteiger partial charge in [0.1, 0.15) is 0 Å². The van der Waals surface area contributed by atoms with E-state index in [0.29, 0.717) is 17.6 Å². The van der Waals surface area contributed by atoms with Gasteiger partial charge in [0.15, 0.2) is 0 Å². The van der Waals surface area contributed by atoms with E-state index in [1.165, 1.54) is 0 Å². The van der Waals surface area contributed by atoms with Crippen molar-refractivity contribution in [3.05, 3.63) is 24.4 Å². The van der Waals surface area contributed by atoms with Crippen molar-refractivity contribution in [1.29, 1.82) is 0 Å². The van der Waals surface area contributed by atoms with Crippen LogP contribution in [0.5, 0.6) is 0 Å². The lowest BCUT2D eigenvalue weighted by Crippen LogP contribution is -2.09. The number of hydrogen-bond donors (Lipinski definition) is 3. The van der Waals surface area contributed by atoms with E-state index in [9.17, 15) is 0 Å². The van der Waals surface area contributed by atoms with Crippen molar-refractivity contribution in [1.82, 2.24) is 15.2 Å². The second kappa shape index (κ2) is 4.31. The number of nitrogens with zero attached hydrogens (tertiary/aromatic N) is 2. The van der Waals surface area contributed by atoms with Gasteiger partial charge in [-0.25, -0.2) is 0 Å². The third-order valence-electron chi connectivity index (χ3n) is 2.80. The zero-order valence-electron chi connectivity index (χ0n) is 10.8. The van der Waals surface area contributed by atoms with E-state index in [2.05, 4.69) is 20.5 Å². The number of anilines is 2. The molecule has 98 valence electrons. The third-order valence-corrected chi connectivity index (χ3v) is 2.80. The van der Waals surface area contributed by atoms with Crippen molar-refractivity contribution in [2.45, 2.75) is 19.9 Å². The summed E-state index contributed by atoms with van der Waals surface area (Å²) in [4.78, 5) is 3.09. The maximum absolute atomic E-state index is 5.88. The Balaban J connectivity index is 1.99. The van der Waals surface area contributed by atoms with Crippen LogP contribution >= 0.6 is 0 Å². The van der Waals surface area contributed by atoms with Crippen molar-refractivity contribution >= 4 is 22.6 Å². The average molecular weight is 257 g/mol. The number of benzene rings is 1. The fraction of sp³-hybridized carbons (Fsp3) is 0.231. The minimum absolute atomic E-state index is 0.246. The van der Waals surface area contributed by atoms with Gasteiger partial charge in [-0.1, -0.05) is 5.10 Å². The molecule has 0 fully saturated rings. The molecule has 3 rings (SSSR count).